The molecule has 1 aromatic carbocycles. The third-order valence-corrected chi connectivity index (χ3v) is 3.59. The Morgan fingerprint density at radius 1 is 1.35 bits per heavy atom. The van der Waals surface area contributed by atoms with Crippen LogP contribution in [0.5, 0.6) is 5.75 Å². The SMILES string of the molecule is COc1ccc2c(cnn2-c2cnc3[nH]cc(C(=O)O)c3n2)c1. The third-order valence-electron chi connectivity index (χ3n) is 3.59. The van der Waals surface area contributed by atoms with E-state index in [1.54, 1.807) is 24.2 Å². The lowest BCUT2D eigenvalue weighted by atomic mass is 10.2. The van der Waals surface area contributed by atoms with Crippen LogP contribution in [-0.2, 0) is 0 Å². The minimum atomic E-state index is -1.06. The average molecular weight is 309 g/mol. The van der Waals surface area contributed by atoms with Crippen LogP contribution < -0.4 is 4.74 Å². The number of hydrogen-bond acceptors (Lipinski definition) is 5. The zero-order chi connectivity index (χ0) is 16.0. The van der Waals surface area contributed by atoms with E-state index in [0.717, 1.165) is 16.7 Å². The molecule has 0 atom stereocenters. The van der Waals surface area contributed by atoms with Crippen LogP contribution in [0.15, 0.2) is 36.8 Å². The standard InChI is InChI=1S/C15H11N5O3/c1-23-9-2-3-11-8(4-9)5-18-20(11)12-7-17-14-13(19-12)10(6-16-14)15(21)22/h2-7H,1H3,(H,16,17)(H,21,22). The number of benzene rings is 1. The van der Waals surface area contributed by atoms with E-state index in [-0.39, 0.29) is 5.56 Å². The molecule has 0 radical (unpaired) electrons. The van der Waals surface area contributed by atoms with Crippen molar-refractivity contribution in [1.29, 1.82) is 0 Å². The van der Waals surface area contributed by atoms with Gasteiger partial charge in [-0.05, 0) is 18.2 Å². The van der Waals surface area contributed by atoms with Gasteiger partial charge in [0.05, 0.1) is 25.0 Å². The van der Waals surface area contributed by atoms with E-state index in [0.29, 0.717) is 17.0 Å². The zero-order valence-corrected chi connectivity index (χ0v) is 12.0. The smallest absolute Gasteiger partial charge is 0.339 e. The van der Waals surface area contributed by atoms with Crippen LogP contribution in [0.4, 0.5) is 0 Å². The molecule has 4 rings (SSSR count). The van der Waals surface area contributed by atoms with Gasteiger partial charge in [0, 0.05) is 11.6 Å². The number of nitrogens with one attached hydrogen (secondary N) is 1. The Balaban J connectivity index is 1.91. The lowest BCUT2D eigenvalue weighted by Crippen LogP contribution is -2.02. The molecule has 0 aliphatic rings. The van der Waals surface area contributed by atoms with Crippen molar-refractivity contribution in [2.24, 2.45) is 0 Å². The lowest BCUT2D eigenvalue weighted by molar-refractivity contribution is 0.0699. The Morgan fingerprint density at radius 2 is 2.22 bits per heavy atom. The number of carbonyl (C=O) groups is 1. The van der Waals surface area contributed by atoms with Crippen LogP contribution in [0.25, 0.3) is 27.9 Å². The predicted octanol–water partition coefficient (Wildman–Crippen LogP) is 2.00. The molecule has 3 aromatic heterocycles. The summed E-state index contributed by atoms with van der Waals surface area (Å²) in [5, 5.41) is 14.4. The molecular formula is C15H11N5O3. The molecule has 4 aromatic rings. The number of nitrogens with zero attached hydrogens (tertiary/aromatic N) is 4. The zero-order valence-electron chi connectivity index (χ0n) is 12.0. The molecule has 0 amide bonds. The van der Waals surface area contributed by atoms with Gasteiger partial charge in [-0.1, -0.05) is 0 Å². The predicted molar refractivity (Wildman–Crippen MR) is 82.0 cm³/mol. The number of carboxylic acids is 1. The summed E-state index contributed by atoms with van der Waals surface area (Å²) in [7, 11) is 1.60. The van der Waals surface area contributed by atoms with Crippen molar-refractivity contribution in [2.75, 3.05) is 7.11 Å². The summed E-state index contributed by atoms with van der Waals surface area (Å²) in [6, 6.07) is 5.55. The fourth-order valence-electron chi connectivity index (χ4n) is 2.47. The van der Waals surface area contributed by atoms with Crippen molar-refractivity contribution in [1.82, 2.24) is 24.7 Å². The van der Waals surface area contributed by atoms with Crippen LogP contribution in [-0.4, -0.2) is 42.9 Å². The van der Waals surface area contributed by atoms with E-state index >= 15 is 0 Å². The van der Waals surface area contributed by atoms with Crippen LogP contribution in [0, 0.1) is 0 Å². The van der Waals surface area contributed by atoms with Gasteiger partial charge in [0.1, 0.15) is 16.8 Å². The molecule has 0 saturated heterocycles. The maximum atomic E-state index is 11.2. The number of hydrogen-bond donors (Lipinski definition) is 2. The van der Waals surface area contributed by atoms with Crippen molar-refractivity contribution in [3.63, 3.8) is 0 Å². The fourth-order valence-corrected chi connectivity index (χ4v) is 2.47. The highest BCUT2D eigenvalue weighted by atomic mass is 16.5. The van der Waals surface area contributed by atoms with Gasteiger partial charge in [0.2, 0.25) is 0 Å². The highest BCUT2D eigenvalue weighted by Crippen LogP contribution is 2.23. The molecular weight excluding hydrogens is 298 g/mol. The minimum absolute atomic E-state index is 0.0764. The van der Waals surface area contributed by atoms with Gasteiger partial charge >= 0.3 is 5.97 Å². The number of methoxy groups -OCH3 is 1. The third kappa shape index (κ3) is 2.00. The average Bonchev–Trinajstić information content (AvgIpc) is 3.17. The molecule has 0 aliphatic heterocycles. The Morgan fingerprint density at radius 3 is 3.00 bits per heavy atom. The molecule has 0 unspecified atom stereocenters. The summed E-state index contributed by atoms with van der Waals surface area (Å²) >= 11 is 0. The second-order valence-corrected chi connectivity index (χ2v) is 4.91. The van der Waals surface area contributed by atoms with Crippen molar-refractivity contribution in [3.05, 3.63) is 42.4 Å². The van der Waals surface area contributed by atoms with Gasteiger partial charge in [-0.25, -0.2) is 19.4 Å². The number of aromatic carboxylic acids is 1. The number of ether oxygens (including phenoxy) is 1. The summed E-state index contributed by atoms with van der Waals surface area (Å²) in [4.78, 5) is 22.6. The molecule has 0 aliphatic carbocycles. The number of carboxylic acid groups (broad SMARTS) is 1. The van der Waals surface area contributed by atoms with Gasteiger partial charge in [-0.2, -0.15) is 5.10 Å². The quantitative estimate of drug-likeness (QED) is 0.599. The normalized spacial score (nSPS) is 11.2. The maximum Gasteiger partial charge on any atom is 0.339 e. The molecule has 8 nitrogen and oxygen atoms in total. The van der Waals surface area contributed by atoms with Gasteiger partial charge < -0.3 is 14.8 Å². The van der Waals surface area contributed by atoms with Crippen molar-refractivity contribution in [3.8, 4) is 11.6 Å². The Bertz CT molecular complexity index is 1050. The Kier molecular flexibility index (Phi) is 2.77. The first kappa shape index (κ1) is 13.3. The second kappa shape index (κ2) is 4.80. The summed E-state index contributed by atoms with van der Waals surface area (Å²) in [5.41, 5.74) is 1.62. The van der Waals surface area contributed by atoms with E-state index in [2.05, 4.69) is 20.1 Å². The second-order valence-electron chi connectivity index (χ2n) is 4.91. The van der Waals surface area contributed by atoms with Gasteiger partial charge in [0.25, 0.3) is 0 Å². The van der Waals surface area contributed by atoms with E-state index in [4.69, 9.17) is 4.74 Å². The van der Waals surface area contributed by atoms with Crippen LogP contribution in [0.1, 0.15) is 10.4 Å². The first-order valence-electron chi connectivity index (χ1n) is 6.77. The Hall–Kier alpha value is -3.42. The first-order valence-corrected chi connectivity index (χ1v) is 6.77. The maximum absolute atomic E-state index is 11.2. The van der Waals surface area contributed by atoms with E-state index in [9.17, 15) is 9.90 Å². The summed E-state index contributed by atoms with van der Waals surface area (Å²) in [6.07, 6.45) is 4.61. The fraction of sp³-hybridized carbons (Fsp3) is 0.0667. The molecule has 2 N–H and O–H groups in total. The van der Waals surface area contributed by atoms with Gasteiger partial charge in [0.15, 0.2) is 11.5 Å². The highest BCUT2D eigenvalue weighted by molar-refractivity contribution is 6.00. The van der Waals surface area contributed by atoms with Gasteiger partial charge in [-0.3, -0.25) is 0 Å². The molecule has 3 heterocycles. The minimum Gasteiger partial charge on any atom is -0.497 e. The number of fused-ring (bicyclic) bond motifs is 2. The number of H-pyrrole nitrogens is 1. The lowest BCUT2D eigenvalue weighted by Gasteiger charge is -2.04. The van der Waals surface area contributed by atoms with Crippen LogP contribution in [0.2, 0.25) is 0 Å². The summed E-state index contributed by atoms with van der Waals surface area (Å²) in [5.74, 6) is 0.120. The van der Waals surface area contributed by atoms with Crippen molar-refractivity contribution >= 4 is 28.0 Å². The molecule has 114 valence electrons. The largest absolute Gasteiger partial charge is 0.497 e. The van der Waals surface area contributed by atoms with Crippen molar-refractivity contribution in [2.45, 2.75) is 0 Å². The molecule has 0 bridgehead atoms. The number of rotatable bonds is 3. The highest BCUT2D eigenvalue weighted by Gasteiger charge is 2.15. The topological polar surface area (TPSA) is 106 Å². The van der Waals surface area contributed by atoms with Gasteiger partial charge in [-0.15, -0.1) is 0 Å². The van der Waals surface area contributed by atoms with Crippen molar-refractivity contribution < 1.29 is 14.6 Å². The molecule has 0 saturated carbocycles. The van der Waals surface area contributed by atoms with Crippen LogP contribution in [0.3, 0.4) is 0 Å². The van der Waals surface area contributed by atoms with E-state index in [1.807, 2.05) is 18.2 Å². The molecule has 23 heavy (non-hydrogen) atoms. The molecule has 0 spiro atoms. The molecule has 8 heteroatoms. The first-order chi connectivity index (χ1) is 11.2. The summed E-state index contributed by atoms with van der Waals surface area (Å²) in [6.45, 7) is 0. The van der Waals surface area contributed by atoms with E-state index in [1.165, 1.54) is 6.20 Å². The van der Waals surface area contributed by atoms with Crippen LogP contribution >= 0.6 is 0 Å². The monoisotopic (exact) mass is 309 g/mol. The van der Waals surface area contributed by atoms with E-state index < -0.39 is 5.97 Å². The Labute approximate surface area is 129 Å². The molecule has 0 fully saturated rings. The number of aromatic nitrogens is 5. The summed E-state index contributed by atoms with van der Waals surface area (Å²) < 4.78 is 6.80. The number of aromatic amines is 1.